The molecule has 4 atom stereocenters. The van der Waals surface area contributed by atoms with Crippen LogP contribution in [0.4, 0.5) is 4.79 Å². The highest BCUT2D eigenvalue weighted by atomic mass is 16.6. The average Bonchev–Trinajstić information content (AvgIpc) is 3.55. The van der Waals surface area contributed by atoms with E-state index in [0.717, 1.165) is 35.1 Å². The number of fused-ring (bicyclic) bond motifs is 3. The van der Waals surface area contributed by atoms with E-state index in [1.54, 1.807) is 0 Å². The maximum Gasteiger partial charge on any atom is 0.407 e. The van der Waals surface area contributed by atoms with Crippen LogP contribution >= 0.6 is 0 Å². The normalized spacial score (nSPS) is 25.0. The summed E-state index contributed by atoms with van der Waals surface area (Å²) in [6, 6.07) is 15.8. The second kappa shape index (κ2) is 10.1. The number of aliphatic carboxylic acids is 1. The smallest absolute Gasteiger partial charge is 0.407 e. The van der Waals surface area contributed by atoms with Crippen LogP contribution in [0.15, 0.2) is 48.5 Å². The summed E-state index contributed by atoms with van der Waals surface area (Å²) in [7, 11) is 0. The Balaban J connectivity index is 1.15. The van der Waals surface area contributed by atoms with Crippen molar-refractivity contribution >= 4 is 18.0 Å². The van der Waals surface area contributed by atoms with Gasteiger partial charge in [-0.1, -0.05) is 48.5 Å². The molecule has 2 aromatic rings. The number of benzene rings is 2. The minimum absolute atomic E-state index is 0.0341. The summed E-state index contributed by atoms with van der Waals surface area (Å²) in [6.07, 6.45) is 1.48. The second-order valence-electron chi connectivity index (χ2n) is 9.64. The molecule has 35 heavy (non-hydrogen) atoms. The Morgan fingerprint density at radius 3 is 2.31 bits per heavy atom. The molecule has 1 heterocycles. The van der Waals surface area contributed by atoms with E-state index in [1.165, 1.54) is 0 Å². The largest absolute Gasteiger partial charge is 0.481 e. The van der Waals surface area contributed by atoms with Crippen LogP contribution in [0.3, 0.4) is 0 Å². The van der Waals surface area contributed by atoms with Crippen molar-refractivity contribution in [1.29, 1.82) is 0 Å². The lowest BCUT2D eigenvalue weighted by Crippen LogP contribution is -2.50. The third-order valence-electron chi connectivity index (χ3n) is 7.35. The van der Waals surface area contributed by atoms with Crippen molar-refractivity contribution in [3.63, 3.8) is 0 Å². The molecular weight excluding hydrogens is 448 g/mol. The van der Waals surface area contributed by atoms with Gasteiger partial charge in [0, 0.05) is 25.0 Å². The highest BCUT2D eigenvalue weighted by Gasteiger charge is 2.38. The van der Waals surface area contributed by atoms with E-state index >= 15 is 0 Å². The second-order valence-corrected chi connectivity index (χ2v) is 9.64. The third kappa shape index (κ3) is 5.03. The van der Waals surface area contributed by atoms with E-state index in [-0.39, 0.29) is 36.8 Å². The van der Waals surface area contributed by atoms with Crippen molar-refractivity contribution in [2.75, 3.05) is 13.2 Å². The summed E-state index contributed by atoms with van der Waals surface area (Å²) in [5.74, 6) is -1.04. The molecule has 3 aliphatic rings. The number of nitrogens with one attached hydrogen (secondary N) is 2. The van der Waals surface area contributed by atoms with Crippen LogP contribution < -0.4 is 10.6 Å². The van der Waals surface area contributed by atoms with Crippen molar-refractivity contribution in [1.82, 2.24) is 10.6 Å². The predicted molar refractivity (Wildman–Crippen MR) is 128 cm³/mol. The zero-order chi connectivity index (χ0) is 24.4. The van der Waals surface area contributed by atoms with E-state index in [1.807, 2.05) is 24.3 Å². The van der Waals surface area contributed by atoms with Gasteiger partial charge in [-0.3, -0.25) is 9.59 Å². The van der Waals surface area contributed by atoms with E-state index in [9.17, 15) is 14.4 Å². The molecule has 184 valence electrons. The Morgan fingerprint density at radius 2 is 1.63 bits per heavy atom. The van der Waals surface area contributed by atoms with Crippen molar-refractivity contribution in [2.24, 2.45) is 5.92 Å². The van der Waals surface area contributed by atoms with Gasteiger partial charge >= 0.3 is 12.1 Å². The number of carbonyl (C=O) groups excluding carboxylic acids is 2. The Hall–Kier alpha value is -3.39. The molecule has 2 aromatic carbocycles. The van der Waals surface area contributed by atoms with Gasteiger partial charge in [0.2, 0.25) is 0 Å². The molecule has 0 radical (unpaired) electrons. The lowest BCUT2D eigenvalue weighted by atomic mass is 9.98. The van der Waals surface area contributed by atoms with Gasteiger partial charge in [0.1, 0.15) is 6.61 Å². The molecule has 0 aromatic heterocycles. The Morgan fingerprint density at radius 1 is 0.943 bits per heavy atom. The molecule has 2 aliphatic carbocycles. The molecule has 3 N–H and O–H groups in total. The summed E-state index contributed by atoms with van der Waals surface area (Å²) in [6.45, 7) is 0.579. The number of hydrogen-bond donors (Lipinski definition) is 3. The number of carboxylic acids is 1. The maximum absolute atomic E-state index is 12.8. The highest BCUT2D eigenvalue weighted by Crippen LogP contribution is 2.44. The number of ether oxygens (including phenoxy) is 2. The van der Waals surface area contributed by atoms with Crippen LogP contribution in [0.5, 0.6) is 0 Å². The van der Waals surface area contributed by atoms with Crippen LogP contribution in [0.1, 0.15) is 49.1 Å². The monoisotopic (exact) mass is 478 g/mol. The standard InChI is InChI=1S/C27H30N2O6/c30-24(31)14-16-9-10-17(13-16)28-26(32)25-23(11-12-34-25)29-27(33)35-15-22-20-7-3-1-5-18(20)19-6-2-4-8-21(19)22/h1-8,16-17,22-23,25H,9-15H2,(H,28,32)(H,29,33)(H,30,31). The van der Waals surface area contributed by atoms with Crippen molar-refractivity contribution in [2.45, 2.75) is 56.2 Å². The van der Waals surface area contributed by atoms with Crippen LogP contribution in [0.2, 0.25) is 0 Å². The van der Waals surface area contributed by atoms with Crippen molar-refractivity contribution < 1.29 is 29.0 Å². The van der Waals surface area contributed by atoms with Crippen LogP contribution in [0.25, 0.3) is 11.1 Å². The van der Waals surface area contributed by atoms with Crippen molar-refractivity contribution in [3.05, 3.63) is 59.7 Å². The Kier molecular flexibility index (Phi) is 6.72. The summed E-state index contributed by atoms with van der Waals surface area (Å²) in [4.78, 5) is 36.4. The fourth-order valence-electron chi connectivity index (χ4n) is 5.71. The number of hydrogen-bond acceptors (Lipinski definition) is 5. The first kappa shape index (κ1) is 23.4. The number of amides is 2. The molecule has 8 heteroatoms. The molecule has 1 aliphatic heterocycles. The number of rotatable bonds is 7. The molecule has 1 saturated carbocycles. The topological polar surface area (TPSA) is 114 Å². The zero-order valence-electron chi connectivity index (χ0n) is 19.4. The fourth-order valence-corrected chi connectivity index (χ4v) is 5.71. The molecular formula is C27H30N2O6. The van der Waals surface area contributed by atoms with Crippen LogP contribution in [-0.4, -0.2) is 54.5 Å². The molecule has 5 rings (SSSR count). The fraction of sp³-hybridized carbons (Fsp3) is 0.444. The maximum atomic E-state index is 12.8. The number of carbonyl (C=O) groups is 3. The zero-order valence-corrected chi connectivity index (χ0v) is 19.4. The predicted octanol–water partition coefficient (Wildman–Crippen LogP) is 3.44. The quantitative estimate of drug-likeness (QED) is 0.562. The van der Waals surface area contributed by atoms with Crippen molar-refractivity contribution in [3.8, 4) is 11.1 Å². The van der Waals surface area contributed by atoms with Gasteiger partial charge in [-0.05, 0) is 53.9 Å². The first-order valence-corrected chi connectivity index (χ1v) is 12.2. The summed E-state index contributed by atoms with van der Waals surface area (Å²) >= 11 is 0. The van der Waals surface area contributed by atoms with Gasteiger partial charge < -0.3 is 25.2 Å². The summed E-state index contributed by atoms with van der Waals surface area (Å²) < 4.78 is 11.2. The molecule has 1 saturated heterocycles. The Labute approximate surface area is 204 Å². The van der Waals surface area contributed by atoms with Crippen LogP contribution in [-0.2, 0) is 19.1 Å². The minimum atomic E-state index is -0.812. The van der Waals surface area contributed by atoms with Gasteiger partial charge in [0.25, 0.3) is 5.91 Å². The first-order valence-electron chi connectivity index (χ1n) is 12.2. The van der Waals surface area contributed by atoms with Gasteiger partial charge in [0.05, 0.1) is 6.04 Å². The Bertz CT molecular complexity index is 1070. The molecule has 8 nitrogen and oxygen atoms in total. The molecule has 0 spiro atoms. The molecule has 2 fully saturated rings. The molecule has 4 unspecified atom stereocenters. The minimum Gasteiger partial charge on any atom is -0.481 e. The average molecular weight is 479 g/mol. The third-order valence-corrected chi connectivity index (χ3v) is 7.35. The molecule has 2 amide bonds. The SMILES string of the molecule is O=C(O)CC1CCC(NC(=O)C2OCCC2NC(=O)OCC2c3ccccc3-c3ccccc32)C1. The summed E-state index contributed by atoms with van der Waals surface area (Å²) in [5, 5.41) is 14.8. The lowest BCUT2D eigenvalue weighted by Gasteiger charge is -2.22. The van der Waals surface area contributed by atoms with Gasteiger partial charge in [0.15, 0.2) is 6.10 Å². The van der Waals surface area contributed by atoms with Gasteiger partial charge in [-0.15, -0.1) is 0 Å². The van der Waals surface area contributed by atoms with E-state index < -0.39 is 24.2 Å². The number of carboxylic acid groups (broad SMARTS) is 1. The summed E-state index contributed by atoms with van der Waals surface area (Å²) in [5.41, 5.74) is 4.60. The van der Waals surface area contributed by atoms with E-state index in [4.69, 9.17) is 14.6 Å². The van der Waals surface area contributed by atoms with E-state index in [2.05, 4.69) is 34.9 Å². The van der Waals surface area contributed by atoms with Crippen LogP contribution in [0, 0.1) is 5.92 Å². The first-order chi connectivity index (χ1) is 17.0. The van der Waals surface area contributed by atoms with Gasteiger partial charge in [-0.25, -0.2) is 4.79 Å². The van der Waals surface area contributed by atoms with Gasteiger partial charge in [-0.2, -0.15) is 0 Å². The number of alkyl carbamates (subject to hydrolysis) is 1. The molecule has 0 bridgehead atoms. The lowest BCUT2D eigenvalue weighted by molar-refractivity contribution is -0.138. The van der Waals surface area contributed by atoms with E-state index in [0.29, 0.717) is 19.4 Å². The highest BCUT2D eigenvalue weighted by molar-refractivity contribution is 5.83.